The predicted octanol–water partition coefficient (Wildman–Crippen LogP) is 3.32. The molecule has 1 aromatic carbocycles. The Hall–Kier alpha value is -0.320. The molecule has 2 N–H and O–H groups in total. The molecule has 1 aliphatic rings. The van der Waals surface area contributed by atoms with Crippen molar-refractivity contribution in [3.8, 4) is 5.75 Å². The fourth-order valence-electron chi connectivity index (χ4n) is 2.03. The number of nitrogens with two attached hydrogens (primary N) is 1. The summed E-state index contributed by atoms with van der Waals surface area (Å²) in [5, 5.41) is 0.501. The minimum Gasteiger partial charge on any atom is -0.491 e. The van der Waals surface area contributed by atoms with Crippen LogP contribution < -0.4 is 10.5 Å². The van der Waals surface area contributed by atoms with Gasteiger partial charge in [0.05, 0.1) is 6.10 Å². The highest BCUT2D eigenvalue weighted by molar-refractivity contribution is 8.06. The molecule has 0 spiro atoms. The third-order valence-electron chi connectivity index (χ3n) is 2.88. The summed E-state index contributed by atoms with van der Waals surface area (Å²) in [7, 11) is 0. The molecule has 0 aliphatic carbocycles. The van der Waals surface area contributed by atoms with Gasteiger partial charge >= 0.3 is 0 Å². The van der Waals surface area contributed by atoms with Gasteiger partial charge in [-0.15, -0.1) is 0 Å². The second kappa shape index (κ2) is 6.73. The van der Waals surface area contributed by atoms with Gasteiger partial charge in [-0.3, -0.25) is 0 Å². The van der Waals surface area contributed by atoms with Crippen molar-refractivity contribution >= 4 is 23.5 Å². The van der Waals surface area contributed by atoms with E-state index in [1.165, 1.54) is 11.5 Å². The minimum absolute atomic E-state index is 0.0674. The van der Waals surface area contributed by atoms with Crippen LogP contribution in [0.1, 0.15) is 25.5 Å². The fourth-order valence-corrected chi connectivity index (χ4v) is 4.82. The normalized spacial score (nSPS) is 21.9. The quantitative estimate of drug-likeness (QED) is 0.919. The number of ether oxygens (including phenoxy) is 1. The molecule has 1 fully saturated rings. The first-order valence-electron chi connectivity index (χ1n) is 6.39. The Bertz CT molecular complexity index is 378. The van der Waals surface area contributed by atoms with Gasteiger partial charge in [-0.05, 0) is 19.9 Å². The standard InChI is InChI=1S/C14H21NOS2/c1-10(2)16-12-6-4-3-5-11(12)14(15)13-9-17-7-8-18-13/h3-6,10,13-14H,7-9,15H2,1-2H3. The van der Waals surface area contributed by atoms with Gasteiger partial charge in [0, 0.05) is 34.1 Å². The summed E-state index contributed by atoms with van der Waals surface area (Å²) in [6.45, 7) is 4.10. The lowest BCUT2D eigenvalue weighted by molar-refractivity contribution is 0.238. The molecular weight excluding hydrogens is 262 g/mol. The van der Waals surface area contributed by atoms with Gasteiger partial charge in [-0.1, -0.05) is 18.2 Å². The van der Waals surface area contributed by atoms with Crippen LogP contribution in [0.15, 0.2) is 24.3 Å². The summed E-state index contributed by atoms with van der Waals surface area (Å²) < 4.78 is 5.86. The topological polar surface area (TPSA) is 35.2 Å². The van der Waals surface area contributed by atoms with E-state index in [0.717, 1.165) is 17.1 Å². The largest absolute Gasteiger partial charge is 0.491 e. The molecule has 4 heteroatoms. The second-order valence-corrected chi connectivity index (χ2v) is 7.21. The van der Waals surface area contributed by atoms with Crippen LogP contribution in [0.4, 0.5) is 0 Å². The van der Waals surface area contributed by atoms with E-state index in [1.54, 1.807) is 0 Å². The maximum Gasteiger partial charge on any atom is 0.124 e. The van der Waals surface area contributed by atoms with E-state index in [-0.39, 0.29) is 12.1 Å². The minimum atomic E-state index is 0.0674. The third-order valence-corrected chi connectivity index (χ3v) is 5.77. The number of rotatable bonds is 4. The van der Waals surface area contributed by atoms with Crippen molar-refractivity contribution in [2.45, 2.75) is 31.2 Å². The molecule has 2 atom stereocenters. The zero-order chi connectivity index (χ0) is 13.0. The lowest BCUT2D eigenvalue weighted by Gasteiger charge is -2.28. The smallest absolute Gasteiger partial charge is 0.124 e. The molecule has 2 nitrogen and oxygen atoms in total. The first-order valence-corrected chi connectivity index (χ1v) is 8.59. The van der Waals surface area contributed by atoms with Crippen LogP contribution in [0.3, 0.4) is 0 Å². The van der Waals surface area contributed by atoms with E-state index in [2.05, 4.69) is 6.07 Å². The first kappa shape index (κ1) is 14.1. The van der Waals surface area contributed by atoms with E-state index in [1.807, 2.05) is 55.6 Å². The van der Waals surface area contributed by atoms with Gasteiger partial charge in [-0.2, -0.15) is 23.5 Å². The average Bonchev–Trinajstić information content (AvgIpc) is 2.39. The first-order chi connectivity index (χ1) is 8.68. The Morgan fingerprint density at radius 2 is 2.06 bits per heavy atom. The lowest BCUT2D eigenvalue weighted by Crippen LogP contribution is -2.29. The summed E-state index contributed by atoms with van der Waals surface area (Å²) >= 11 is 4.00. The Balaban J connectivity index is 2.15. The Morgan fingerprint density at radius 3 is 2.72 bits per heavy atom. The summed E-state index contributed by atoms with van der Waals surface area (Å²) in [5.41, 5.74) is 7.58. The second-order valence-electron chi connectivity index (χ2n) is 4.71. The van der Waals surface area contributed by atoms with Crippen LogP contribution >= 0.6 is 23.5 Å². The number of thioether (sulfide) groups is 2. The summed E-state index contributed by atoms with van der Waals surface area (Å²) in [6.07, 6.45) is 0.187. The molecule has 0 saturated carbocycles. The highest BCUT2D eigenvalue weighted by atomic mass is 32.2. The number of para-hydroxylation sites is 1. The number of benzene rings is 1. The van der Waals surface area contributed by atoms with Crippen molar-refractivity contribution < 1.29 is 4.74 Å². The monoisotopic (exact) mass is 283 g/mol. The molecule has 1 saturated heterocycles. The van der Waals surface area contributed by atoms with Gasteiger partial charge in [0.25, 0.3) is 0 Å². The van der Waals surface area contributed by atoms with Crippen LogP contribution in [0.25, 0.3) is 0 Å². The molecule has 1 heterocycles. The summed E-state index contributed by atoms with van der Waals surface area (Å²) in [5.74, 6) is 4.53. The van der Waals surface area contributed by atoms with Gasteiger partial charge in [0.1, 0.15) is 5.75 Å². The van der Waals surface area contributed by atoms with Crippen molar-refractivity contribution in [1.29, 1.82) is 0 Å². The summed E-state index contributed by atoms with van der Waals surface area (Å²) in [4.78, 5) is 0. The van der Waals surface area contributed by atoms with E-state index in [0.29, 0.717) is 5.25 Å². The van der Waals surface area contributed by atoms with Crippen LogP contribution in [0.5, 0.6) is 5.75 Å². The van der Waals surface area contributed by atoms with Gasteiger partial charge in [0.2, 0.25) is 0 Å². The van der Waals surface area contributed by atoms with Crippen LogP contribution in [0.2, 0.25) is 0 Å². The lowest BCUT2D eigenvalue weighted by atomic mass is 10.0. The van der Waals surface area contributed by atoms with E-state index < -0.39 is 0 Å². The van der Waals surface area contributed by atoms with Gasteiger partial charge in [-0.25, -0.2) is 0 Å². The molecule has 1 aliphatic heterocycles. The van der Waals surface area contributed by atoms with Crippen molar-refractivity contribution in [2.24, 2.45) is 5.73 Å². The molecule has 1 aromatic rings. The van der Waals surface area contributed by atoms with Crippen molar-refractivity contribution in [3.63, 3.8) is 0 Å². The SMILES string of the molecule is CC(C)Oc1ccccc1C(N)C1CSCCS1. The number of hydrogen-bond donors (Lipinski definition) is 1. The molecule has 2 rings (SSSR count). The van der Waals surface area contributed by atoms with Crippen molar-refractivity contribution in [2.75, 3.05) is 17.3 Å². The van der Waals surface area contributed by atoms with E-state index >= 15 is 0 Å². The highest BCUT2D eigenvalue weighted by Gasteiger charge is 2.25. The zero-order valence-corrected chi connectivity index (χ0v) is 12.6. The molecule has 0 amide bonds. The van der Waals surface area contributed by atoms with E-state index in [9.17, 15) is 0 Å². The zero-order valence-electron chi connectivity index (χ0n) is 11.0. The highest BCUT2D eigenvalue weighted by Crippen LogP contribution is 2.35. The predicted molar refractivity (Wildman–Crippen MR) is 82.7 cm³/mol. The Labute approximate surface area is 118 Å². The molecule has 0 radical (unpaired) electrons. The third kappa shape index (κ3) is 3.59. The van der Waals surface area contributed by atoms with E-state index in [4.69, 9.17) is 10.5 Å². The molecular formula is C14H21NOS2. The van der Waals surface area contributed by atoms with Gasteiger partial charge in [0.15, 0.2) is 0 Å². The maximum atomic E-state index is 6.43. The molecule has 18 heavy (non-hydrogen) atoms. The Morgan fingerprint density at radius 1 is 1.28 bits per heavy atom. The number of hydrogen-bond acceptors (Lipinski definition) is 4. The summed E-state index contributed by atoms with van der Waals surface area (Å²) in [6, 6.07) is 8.25. The Kier molecular flexibility index (Phi) is 5.27. The van der Waals surface area contributed by atoms with Gasteiger partial charge < -0.3 is 10.5 Å². The fraction of sp³-hybridized carbons (Fsp3) is 0.571. The maximum absolute atomic E-state index is 6.43. The van der Waals surface area contributed by atoms with Crippen LogP contribution in [-0.2, 0) is 0 Å². The van der Waals surface area contributed by atoms with Crippen molar-refractivity contribution in [3.05, 3.63) is 29.8 Å². The molecule has 100 valence electrons. The molecule has 0 aromatic heterocycles. The van der Waals surface area contributed by atoms with Crippen molar-refractivity contribution in [1.82, 2.24) is 0 Å². The van der Waals surface area contributed by atoms with Crippen LogP contribution in [0, 0.1) is 0 Å². The van der Waals surface area contributed by atoms with Crippen LogP contribution in [-0.4, -0.2) is 28.6 Å². The average molecular weight is 283 g/mol. The molecule has 2 unspecified atom stereocenters. The molecule has 0 bridgehead atoms.